The first-order valence-corrected chi connectivity index (χ1v) is 7.21. The van der Waals surface area contributed by atoms with E-state index in [2.05, 4.69) is 10.3 Å². The van der Waals surface area contributed by atoms with Gasteiger partial charge < -0.3 is 10.4 Å². The fourth-order valence-electron chi connectivity index (χ4n) is 1.72. The number of carbonyl (C=O) groups is 1. The molecule has 2 N–H and O–H groups in total. The predicted molar refractivity (Wildman–Crippen MR) is 75.5 cm³/mol. The van der Waals surface area contributed by atoms with Gasteiger partial charge in [0.1, 0.15) is 11.3 Å². The van der Waals surface area contributed by atoms with Gasteiger partial charge in [0.2, 0.25) is 0 Å². The van der Waals surface area contributed by atoms with E-state index < -0.39 is 23.4 Å². The van der Waals surface area contributed by atoms with Crippen molar-refractivity contribution in [2.24, 2.45) is 0 Å². The molecule has 0 saturated heterocycles. The van der Waals surface area contributed by atoms with E-state index in [1.165, 1.54) is 11.3 Å². The molecule has 0 spiro atoms. The molecule has 1 atom stereocenters. The minimum atomic E-state index is -4.54. The van der Waals surface area contributed by atoms with Gasteiger partial charge >= 0.3 is 6.18 Å². The van der Waals surface area contributed by atoms with Gasteiger partial charge in [-0.2, -0.15) is 24.5 Å². The summed E-state index contributed by atoms with van der Waals surface area (Å²) in [5.74, 6) is -0.600. The highest BCUT2D eigenvalue weighted by Crippen LogP contribution is 2.27. The van der Waals surface area contributed by atoms with Crippen LogP contribution in [0, 0.1) is 0 Å². The van der Waals surface area contributed by atoms with E-state index in [0.29, 0.717) is 5.56 Å². The number of hydrogen-bond acceptors (Lipinski definition) is 4. The molecule has 0 aliphatic carbocycles. The minimum Gasteiger partial charge on any atom is -0.384 e. The molecular weight excluding hydrogens is 317 g/mol. The molecule has 0 saturated carbocycles. The van der Waals surface area contributed by atoms with Crippen molar-refractivity contribution in [2.45, 2.75) is 18.7 Å². The highest BCUT2D eigenvalue weighted by molar-refractivity contribution is 7.08. The van der Waals surface area contributed by atoms with E-state index in [0.717, 1.165) is 18.3 Å². The number of rotatable bonds is 4. The average molecular weight is 330 g/mol. The molecule has 1 amide bonds. The van der Waals surface area contributed by atoms with E-state index in [1.807, 2.05) is 0 Å². The molecule has 4 nitrogen and oxygen atoms in total. The second-order valence-electron chi connectivity index (χ2n) is 4.90. The molecule has 0 aliphatic rings. The maximum atomic E-state index is 12.4. The summed E-state index contributed by atoms with van der Waals surface area (Å²) in [7, 11) is 0. The third kappa shape index (κ3) is 3.83. The van der Waals surface area contributed by atoms with Crippen LogP contribution in [0.4, 0.5) is 13.2 Å². The Balaban J connectivity index is 2.01. The number of carbonyl (C=O) groups excluding carboxylic acids is 1. The Bertz CT molecular complexity index is 637. The molecule has 0 bridgehead atoms. The van der Waals surface area contributed by atoms with Crippen LogP contribution >= 0.6 is 11.3 Å². The zero-order chi connectivity index (χ0) is 16.4. The fraction of sp³-hybridized carbons (Fsp3) is 0.286. The number of nitrogens with zero attached hydrogens (tertiary/aromatic N) is 1. The average Bonchev–Trinajstić information content (AvgIpc) is 2.99. The molecule has 2 aromatic heterocycles. The van der Waals surface area contributed by atoms with Crippen LogP contribution in [0.1, 0.15) is 28.5 Å². The summed E-state index contributed by atoms with van der Waals surface area (Å²) in [6, 6.07) is 3.52. The van der Waals surface area contributed by atoms with Crippen molar-refractivity contribution in [1.82, 2.24) is 10.3 Å². The van der Waals surface area contributed by atoms with Crippen molar-refractivity contribution in [1.29, 1.82) is 0 Å². The number of aliphatic hydroxyl groups is 1. The molecule has 0 aliphatic heterocycles. The largest absolute Gasteiger partial charge is 0.433 e. The number of pyridine rings is 1. The Hall–Kier alpha value is -1.93. The summed E-state index contributed by atoms with van der Waals surface area (Å²) in [6.07, 6.45) is -3.69. The number of halogens is 3. The lowest BCUT2D eigenvalue weighted by molar-refractivity contribution is -0.141. The van der Waals surface area contributed by atoms with Gasteiger partial charge in [0.15, 0.2) is 0 Å². The molecule has 22 heavy (non-hydrogen) atoms. The summed E-state index contributed by atoms with van der Waals surface area (Å²) in [5.41, 5.74) is -1.67. The lowest BCUT2D eigenvalue weighted by atomic mass is 9.99. The summed E-state index contributed by atoms with van der Waals surface area (Å²) in [5, 5.41) is 16.3. The first-order valence-electron chi connectivity index (χ1n) is 6.27. The number of alkyl halides is 3. The first-order chi connectivity index (χ1) is 10.2. The van der Waals surface area contributed by atoms with Gasteiger partial charge in [0, 0.05) is 6.20 Å². The van der Waals surface area contributed by atoms with Gasteiger partial charge in [-0.1, -0.05) is 0 Å². The van der Waals surface area contributed by atoms with Crippen LogP contribution < -0.4 is 5.32 Å². The van der Waals surface area contributed by atoms with Crippen molar-refractivity contribution in [3.8, 4) is 0 Å². The maximum absolute atomic E-state index is 12.4. The molecule has 0 radical (unpaired) electrons. The lowest BCUT2D eigenvalue weighted by Gasteiger charge is -2.22. The van der Waals surface area contributed by atoms with Gasteiger partial charge in [-0.15, -0.1) is 0 Å². The quantitative estimate of drug-likeness (QED) is 0.906. The Morgan fingerprint density at radius 3 is 2.59 bits per heavy atom. The number of thiophene rings is 1. The molecule has 2 rings (SSSR count). The van der Waals surface area contributed by atoms with Gasteiger partial charge in [-0.05, 0) is 41.4 Å². The molecule has 2 heterocycles. The molecular formula is C14H13F3N2O2S. The highest BCUT2D eigenvalue weighted by atomic mass is 32.1. The van der Waals surface area contributed by atoms with Crippen molar-refractivity contribution >= 4 is 17.2 Å². The molecule has 8 heteroatoms. The van der Waals surface area contributed by atoms with E-state index in [1.54, 1.807) is 23.8 Å². The van der Waals surface area contributed by atoms with Crippen LogP contribution in [-0.2, 0) is 11.8 Å². The lowest BCUT2D eigenvalue weighted by Crippen LogP contribution is -2.38. The predicted octanol–water partition coefficient (Wildman–Crippen LogP) is 2.80. The number of hydrogen-bond donors (Lipinski definition) is 2. The minimum absolute atomic E-state index is 0.00545. The smallest absolute Gasteiger partial charge is 0.384 e. The van der Waals surface area contributed by atoms with Crippen molar-refractivity contribution < 1.29 is 23.1 Å². The molecule has 2 aromatic rings. The van der Waals surface area contributed by atoms with Crippen molar-refractivity contribution in [2.75, 3.05) is 6.54 Å². The summed E-state index contributed by atoms with van der Waals surface area (Å²) in [6.45, 7) is 1.48. The van der Waals surface area contributed by atoms with Gasteiger partial charge in [0.25, 0.3) is 5.91 Å². The standard InChI is InChI=1S/C14H13F3N2O2S/c1-13(21,10-4-5-22-7-10)8-19-12(20)9-2-3-11(18-6-9)14(15,16)17/h2-7,21H,8H2,1H3,(H,19,20). The van der Waals surface area contributed by atoms with E-state index in [9.17, 15) is 23.1 Å². The zero-order valence-electron chi connectivity index (χ0n) is 11.5. The van der Waals surface area contributed by atoms with Gasteiger partial charge in [0.05, 0.1) is 12.1 Å². The second-order valence-corrected chi connectivity index (χ2v) is 5.68. The number of amides is 1. The van der Waals surface area contributed by atoms with Crippen LogP contribution in [0.3, 0.4) is 0 Å². The monoisotopic (exact) mass is 330 g/mol. The van der Waals surface area contributed by atoms with Crippen LogP contribution in [0.25, 0.3) is 0 Å². The molecule has 118 valence electrons. The Kier molecular flexibility index (Phi) is 4.52. The first kappa shape index (κ1) is 16.4. The molecule has 0 fully saturated rings. The highest BCUT2D eigenvalue weighted by Gasteiger charge is 2.32. The topological polar surface area (TPSA) is 62.2 Å². The normalized spacial score (nSPS) is 14.4. The second kappa shape index (κ2) is 6.05. The van der Waals surface area contributed by atoms with Gasteiger partial charge in [-0.25, -0.2) is 0 Å². The number of aromatic nitrogens is 1. The van der Waals surface area contributed by atoms with Gasteiger partial charge in [-0.3, -0.25) is 9.78 Å². The molecule has 1 unspecified atom stereocenters. The Morgan fingerprint density at radius 1 is 1.36 bits per heavy atom. The number of nitrogens with one attached hydrogen (secondary N) is 1. The SMILES string of the molecule is CC(O)(CNC(=O)c1ccc(C(F)(F)F)nc1)c1ccsc1. The van der Waals surface area contributed by atoms with Crippen LogP contribution in [-0.4, -0.2) is 22.5 Å². The van der Waals surface area contributed by atoms with Crippen molar-refractivity contribution in [3.63, 3.8) is 0 Å². The van der Waals surface area contributed by atoms with Crippen molar-refractivity contribution in [3.05, 3.63) is 52.0 Å². The third-order valence-corrected chi connectivity index (χ3v) is 3.74. The summed E-state index contributed by atoms with van der Waals surface area (Å²) < 4.78 is 37.2. The maximum Gasteiger partial charge on any atom is 0.433 e. The van der Waals surface area contributed by atoms with Crippen LogP contribution in [0.5, 0.6) is 0 Å². The Labute approximate surface area is 128 Å². The molecule has 0 aromatic carbocycles. The van der Waals surface area contributed by atoms with E-state index >= 15 is 0 Å². The van der Waals surface area contributed by atoms with E-state index in [4.69, 9.17) is 0 Å². The zero-order valence-corrected chi connectivity index (χ0v) is 12.3. The Morgan fingerprint density at radius 2 is 2.09 bits per heavy atom. The van der Waals surface area contributed by atoms with Crippen LogP contribution in [0.15, 0.2) is 35.2 Å². The van der Waals surface area contributed by atoms with E-state index in [-0.39, 0.29) is 12.1 Å². The third-order valence-electron chi connectivity index (χ3n) is 3.05. The van der Waals surface area contributed by atoms with Crippen LogP contribution in [0.2, 0.25) is 0 Å². The summed E-state index contributed by atoms with van der Waals surface area (Å²) >= 11 is 1.41. The summed E-state index contributed by atoms with van der Waals surface area (Å²) in [4.78, 5) is 15.1. The fourth-order valence-corrected chi connectivity index (χ4v) is 2.51.